The summed E-state index contributed by atoms with van der Waals surface area (Å²) in [5.41, 5.74) is 0. The Morgan fingerprint density at radius 2 is 1.74 bits per heavy atom. The molecule has 1 rings (SSSR count). The molecular formula is C11H13Br3N2O2S. The Morgan fingerprint density at radius 1 is 1.16 bits per heavy atom. The summed E-state index contributed by atoms with van der Waals surface area (Å²) in [5, 5.41) is 5.31. The fraction of sp³-hybridized carbons (Fsp3) is 0.455. The molecule has 0 fully saturated rings. The number of likely N-dealkylation sites (N-methyl/N-ethyl adjacent to an activating group) is 1. The van der Waals surface area contributed by atoms with Gasteiger partial charge in [-0.2, -0.15) is 0 Å². The zero-order chi connectivity index (χ0) is 14.7. The maximum Gasteiger partial charge on any atom is 0.263 e. The number of hydrogen-bond donors (Lipinski definition) is 2. The van der Waals surface area contributed by atoms with Crippen molar-refractivity contribution in [1.82, 2.24) is 10.6 Å². The second kappa shape index (κ2) is 7.19. The molecule has 0 radical (unpaired) electrons. The van der Waals surface area contributed by atoms with E-state index in [2.05, 4.69) is 58.4 Å². The fourth-order valence-corrected chi connectivity index (χ4v) is 4.40. The first-order valence-corrected chi connectivity index (χ1v) is 8.64. The van der Waals surface area contributed by atoms with Crippen molar-refractivity contribution in [2.45, 2.75) is 19.9 Å². The van der Waals surface area contributed by atoms with Gasteiger partial charge in [-0.25, -0.2) is 0 Å². The Kier molecular flexibility index (Phi) is 6.49. The second-order valence-electron chi connectivity index (χ2n) is 4.14. The number of amides is 2. The molecule has 0 bridgehead atoms. The Balaban J connectivity index is 2.94. The monoisotopic (exact) mass is 474 g/mol. The quantitative estimate of drug-likeness (QED) is 0.698. The number of halogens is 3. The van der Waals surface area contributed by atoms with Gasteiger partial charge >= 0.3 is 0 Å². The van der Waals surface area contributed by atoms with Gasteiger partial charge < -0.3 is 10.6 Å². The van der Waals surface area contributed by atoms with Gasteiger partial charge in [0.1, 0.15) is 10.9 Å². The third-order valence-electron chi connectivity index (χ3n) is 2.44. The molecule has 0 aliphatic heterocycles. The Labute approximate surface area is 141 Å². The van der Waals surface area contributed by atoms with E-state index in [1.54, 1.807) is 7.05 Å². The minimum Gasteiger partial charge on any atom is -0.357 e. The van der Waals surface area contributed by atoms with Gasteiger partial charge in [0.15, 0.2) is 0 Å². The van der Waals surface area contributed by atoms with Crippen molar-refractivity contribution in [1.29, 1.82) is 0 Å². The van der Waals surface area contributed by atoms with Crippen molar-refractivity contribution in [3.8, 4) is 0 Å². The molecule has 8 heteroatoms. The minimum absolute atomic E-state index is 0.00881. The van der Waals surface area contributed by atoms with Crippen LogP contribution in [0.25, 0.3) is 0 Å². The molecule has 0 aromatic carbocycles. The summed E-state index contributed by atoms with van der Waals surface area (Å²) >= 11 is 11.4. The van der Waals surface area contributed by atoms with E-state index in [0.29, 0.717) is 9.35 Å². The zero-order valence-electron chi connectivity index (χ0n) is 10.5. The molecule has 0 saturated heterocycles. The van der Waals surface area contributed by atoms with E-state index in [9.17, 15) is 9.59 Å². The van der Waals surface area contributed by atoms with Gasteiger partial charge in [0.25, 0.3) is 5.91 Å². The normalized spacial score (nSPS) is 12.4. The molecular weight excluding hydrogens is 464 g/mol. The van der Waals surface area contributed by atoms with E-state index < -0.39 is 6.04 Å². The van der Waals surface area contributed by atoms with Crippen LogP contribution in [0.2, 0.25) is 0 Å². The summed E-state index contributed by atoms with van der Waals surface area (Å²) in [7, 11) is 1.55. The zero-order valence-corrected chi connectivity index (χ0v) is 16.1. The van der Waals surface area contributed by atoms with Gasteiger partial charge in [0.05, 0.1) is 12.7 Å². The van der Waals surface area contributed by atoms with E-state index in [4.69, 9.17) is 0 Å². The Hall–Kier alpha value is 0.0800. The lowest BCUT2D eigenvalue weighted by Gasteiger charge is -2.20. The van der Waals surface area contributed by atoms with Crippen LogP contribution in [0, 0.1) is 5.92 Å². The van der Waals surface area contributed by atoms with Crippen molar-refractivity contribution >= 4 is 70.9 Å². The highest BCUT2D eigenvalue weighted by molar-refractivity contribution is 9.14. The lowest BCUT2D eigenvalue weighted by molar-refractivity contribution is -0.123. The molecule has 2 amide bonds. The minimum atomic E-state index is -0.552. The van der Waals surface area contributed by atoms with Crippen molar-refractivity contribution in [3.63, 3.8) is 0 Å². The first-order chi connectivity index (χ1) is 8.79. The molecule has 1 aromatic heterocycles. The molecule has 2 N–H and O–H groups in total. The molecule has 0 spiro atoms. The molecule has 0 aliphatic carbocycles. The number of carbonyl (C=O) groups is 2. The fourth-order valence-electron chi connectivity index (χ4n) is 1.41. The molecule has 1 heterocycles. The number of hydrogen-bond acceptors (Lipinski definition) is 3. The van der Waals surface area contributed by atoms with E-state index in [1.165, 1.54) is 11.3 Å². The van der Waals surface area contributed by atoms with Crippen LogP contribution in [0.5, 0.6) is 0 Å². The number of nitrogens with one attached hydrogen (secondary N) is 2. The lowest BCUT2D eigenvalue weighted by atomic mass is 10.0. The average Bonchev–Trinajstić information content (AvgIpc) is 2.62. The van der Waals surface area contributed by atoms with Crippen LogP contribution in [0.4, 0.5) is 0 Å². The molecule has 4 nitrogen and oxygen atoms in total. The van der Waals surface area contributed by atoms with Crippen LogP contribution in [-0.2, 0) is 4.79 Å². The van der Waals surface area contributed by atoms with Crippen LogP contribution in [-0.4, -0.2) is 24.9 Å². The first kappa shape index (κ1) is 17.1. The number of thiophene rings is 1. The topological polar surface area (TPSA) is 58.2 Å². The van der Waals surface area contributed by atoms with Gasteiger partial charge in [-0.15, -0.1) is 11.3 Å². The average molecular weight is 477 g/mol. The van der Waals surface area contributed by atoms with Gasteiger partial charge in [0, 0.05) is 7.05 Å². The summed E-state index contributed by atoms with van der Waals surface area (Å²) in [4.78, 5) is 24.5. The lowest BCUT2D eigenvalue weighted by Crippen LogP contribution is -2.48. The molecule has 0 aliphatic rings. The smallest absolute Gasteiger partial charge is 0.263 e. The summed E-state index contributed by atoms with van der Waals surface area (Å²) in [6.07, 6.45) is 0. The summed E-state index contributed by atoms with van der Waals surface area (Å²) in [6.45, 7) is 3.77. The van der Waals surface area contributed by atoms with Gasteiger partial charge in [0.2, 0.25) is 5.91 Å². The second-order valence-corrected chi connectivity index (χ2v) is 8.07. The van der Waals surface area contributed by atoms with Crippen LogP contribution >= 0.6 is 59.1 Å². The van der Waals surface area contributed by atoms with Gasteiger partial charge in [-0.1, -0.05) is 13.8 Å². The van der Waals surface area contributed by atoms with E-state index >= 15 is 0 Å². The highest BCUT2D eigenvalue weighted by Gasteiger charge is 2.26. The summed E-state index contributed by atoms with van der Waals surface area (Å²) in [6, 6.07) is -0.552. The van der Waals surface area contributed by atoms with Crippen LogP contribution in [0.3, 0.4) is 0 Å². The predicted octanol–water partition coefficient (Wildman–Crippen LogP) is 3.54. The van der Waals surface area contributed by atoms with Gasteiger partial charge in [-0.3, -0.25) is 9.59 Å². The molecule has 1 atom stereocenters. The van der Waals surface area contributed by atoms with Crippen molar-refractivity contribution < 1.29 is 9.59 Å². The highest BCUT2D eigenvalue weighted by atomic mass is 79.9. The van der Waals surface area contributed by atoms with E-state index in [0.717, 1.165) is 8.26 Å². The van der Waals surface area contributed by atoms with Crippen molar-refractivity contribution in [2.75, 3.05) is 7.05 Å². The van der Waals surface area contributed by atoms with Crippen LogP contribution in [0.15, 0.2) is 12.7 Å². The summed E-state index contributed by atoms with van der Waals surface area (Å²) in [5.74, 6) is -0.464. The maximum absolute atomic E-state index is 12.2. The number of carbonyl (C=O) groups excluding carboxylic acids is 2. The Bertz CT molecular complexity index is 502. The SMILES string of the molecule is CNC(=O)[C@@H](NC(=O)c1sc(Br)c(Br)c1Br)C(C)C. The molecule has 19 heavy (non-hydrogen) atoms. The predicted molar refractivity (Wildman–Crippen MR) is 87.6 cm³/mol. The van der Waals surface area contributed by atoms with E-state index in [-0.39, 0.29) is 17.7 Å². The largest absolute Gasteiger partial charge is 0.357 e. The van der Waals surface area contributed by atoms with Gasteiger partial charge in [-0.05, 0) is 53.7 Å². The van der Waals surface area contributed by atoms with Crippen molar-refractivity contribution in [3.05, 3.63) is 17.6 Å². The third kappa shape index (κ3) is 4.03. The first-order valence-electron chi connectivity index (χ1n) is 5.45. The van der Waals surface area contributed by atoms with E-state index in [1.807, 2.05) is 13.8 Å². The standard InChI is InChI=1S/C11H13Br3N2O2S/c1-4(2)7(10(17)15-3)16-11(18)8-5(12)6(13)9(14)19-8/h4,7H,1-3H3,(H,15,17)(H,16,18)/t7-/m0/s1. The number of rotatable bonds is 4. The molecule has 1 aromatic rings. The van der Waals surface area contributed by atoms with Crippen LogP contribution in [0.1, 0.15) is 23.5 Å². The highest BCUT2D eigenvalue weighted by Crippen LogP contribution is 2.40. The molecule has 106 valence electrons. The third-order valence-corrected chi connectivity index (χ3v) is 7.48. The van der Waals surface area contributed by atoms with Crippen LogP contribution < -0.4 is 10.6 Å². The maximum atomic E-state index is 12.2. The molecule has 0 saturated carbocycles. The van der Waals surface area contributed by atoms with Crippen molar-refractivity contribution in [2.24, 2.45) is 5.92 Å². The Morgan fingerprint density at radius 3 is 2.11 bits per heavy atom. The molecule has 0 unspecified atom stereocenters. The summed E-state index contributed by atoms with van der Waals surface area (Å²) < 4.78 is 2.30.